The molecule has 0 amide bonds. The zero-order valence-electron chi connectivity index (χ0n) is 22.7. The summed E-state index contributed by atoms with van der Waals surface area (Å²) in [5.41, 5.74) is -0.434. The fourth-order valence-electron chi connectivity index (χ4n) is 9.00. The van der Waals surface area contributed by atoms with Crippen molar-refractivity contribution < 1.29 is 33.7 Å². The molecule has 0 radical (unpaired) electrons. The topological polar surface area (TPSA) is 99.1 Å². The van der Waals surface area contributed by atoms with Crippen molar-refractivity contribution in [2.45, 2.75) is 97.9 Å². The summed E-state index contributed by atoms with van der Waals surface area (Å²) in [4.78, 5) is 36.4. The summed E-state index contributed by atoms with van der Waals surface area (Å²) in [5, 5.41) is 10.4. The number of ether oxygens (including phenoxy) is 3. The second-order valence-electron chi connectivity index (χ2n) is 12.4. The number of hydrogen-bond acceptors (Lipinski definition) is 7. The van der Waals surface area contributed by atoms with E-state index in [1.54, 1.807) is 0 Å². The van der Waals surface area contributed by atoms with Crippen LogP contribution in [0.2, 0.25) is 0 Å². The standard InChI is InChI=1S/C29H44O7/c1-16(7-10-26(33)34-6)21-8-9-22-27-23(15-25(29(21,22)5)36-18(3)31)28(4)12-11-20(32)13-19(28)14-24(27)35-17(2)30/h11-12,16,19-25,27,32H,7-10,13-15H2,1-6H3/t16-,19+,20-,21-,22+,23?,24-,25+,27?,28+,29-/m1/s1. The zero-order valence-corrected chi connectivity index (χ0v) is 22.7. The number of aliphatic hydroxyl groups excluding tert-OH is 1. The van der Waals surface area contributed by atoms with Crippen molar-refractivity contribution in [3.8, 4) is 0 Å². The van der Waals surface area contributed by atoms with E-state index in [-0.39, 0.29) is 76.5 Å². The van der Waals surface area contributed by atoms with Crippen LogP contribution in [0.1, 0.15) is 79.6 Å². The van der Waals surface area contributed by atoms with Crippen LogP contribution in [0.4, 0.5) is 0 Å². The van der Waals surface area contributed by atoms with E-state index >= 15 is 0 Å². The Kier molecular flexibility index (Phi) is 7.63. The number of methoxy groups -OCH3 is 1. The van der Waals surface area contributed by atoms with Crippen molar-refractivity contribution in [2.24, 2.45) is 46.3 Å². The van der Waals surface area contributed by atoms with Crippen molar-refractivity contribution in [3.05, 3.63) is 12.2 Å². The first-order valence-corrected chi connectivity index (χ1v) is 13.7. The lowest BCUT2D eigenvalue weighted by atomic mass is 9.44. The van der Waals surface area contributed by atoms with E-state index < -0.39 is 6.10 Å². The first-order valence-electron chi connectivity index (χ1n) is 13.7. The van der Waals surface area contributed by atoms with E-state index in [1.807, 2.05) is 6.08 Å². The Balaban J connectivity index is 1.73. The third-order valence-corrected chi connectivity index (χ3v) is 10.6. The van der Waals surface area contributed by atoms with Crippen LogP contribution < -0.4 is 0 Å². The summed E-state index contributed by atoms with van der Waals surface area (Å²) < 4.78 is 17.0. The molecule has 0 heterocycles. The summed E-state index contributed by atoms with van der Waals surface area (Å²) in [5.74, 6) is 0.571. The van der Waals surface area contributed by atoms with Gasteiger partial charge in [0.05, 0.1) is 13.2 Å². The number of carbonyl (C=O) groups is 3. The van der Waals surface area contributed by atoms with Gasteiger partial charge >= 0.3 is 17.9 Å². The van der Waals surface area contributed by atoms with Crippen LogP contribution in [0.15, 0.2) is 12.2 Å². The van der Waals surface area contributed by atoms with Crippen molar-refractivity contribution in [1.82, 2.24) is 0 Å². The average molecular weight is 505 g/mol. The van der Waals surface area contributed by atoms with Crippen LogP contribution >= 0.6 is 0 Å². The molecule has 202 valence electrons. The Morgan fingerprint density at radius 1 is 1.03 bits per heavy atom. The highest BCUT2D eigenvalue weighted by Gasteiger charge is 2.67. The Morgan fingerprint density at radius 3 is 2.36 bits per heavy atom. The summed E-state index contributed by atoms with van der Waals surface area (Å²) in [6.07, 6.45) is 8.35. The van der Waals surface area contributed by atoms with Gasteiger partial charge in [0.25, 0.3) is 0 Å². The van der Waals surface area contributed by atoms with Crippen molar-refractivity contribution in [3.63, 3.8) is 0 Å². The predicted molar refractivity (Wildman–Crippen MR) is 133 cm³/mol. The summed E-state index contributed by atoms with van der Waals surface area (Å²) in [6.45, 7) is 9.72. The van der Waals surface area contributed by atoms with Crippen LogP contribution in [0.5, 0.6) is 0 Å². The number of hydrogen-bond donors (Lipinski definition) is 1. The van der Waals surface area contributed by atoms with Crippen LogP contribution in [-0.2, 0) is 28.6 Å². The maximum atomic E-state index is 12.3. The number of allylic oxidation sites excluding steroid dienone is 1. The minimum atomic E-state index is -0.484. The number of fused-ring (bicyclic) bond motifs is 5. The van der Waals surface area contributed by atoms with E-state index in [2.05, 4.69) is 26.8 Å². The highest BCUT2D eigenvalue weighted by atomic mass is 16.5. The molecule has 7 heteroatoms. The molecule has 3 saturated carbocycles. The third-order valence-electron chi connectivity index (χ3n) is 10.6. The molecule has 3 fully saturated rings. The molecule has 36 heavy (non-hydrogen) atoms. The highest BCUT2D eigenvalue weighted by molar-refractivity contribution is 5.69. The summed E-state index contributed by atoms with van der Waals surface area (Å²) in [6, 6.07) is 0. The second-order valence-corrected chi connectivity index (χ2v) is 12.4. The average Bonchev–Trinajstić information content (AvgIpc) is 3.16. The van der Waals surface area contributed by atoms with Gasteiger partial charge in [-0.05, 0) is 73.5 Å². The van der Waals surface area contributed by atoms with Gasteiger partial charge in [-0.2, -0.15) is 0 Å². The van der Waals surface area contributed by atoms with Gasteiger partial charge in [-0.3, -0.25) is 14.4 Å². The molecule has 11 atom stereocenters. The van der Waals surface area contributed by atoms with Crippen molar-refractivity contribution >= 4 is 17.9 Å². The van der Waals surface area contributed by atoms with Crippen molar-refractivity contribution in [1.29, 1.82) is 0 Å². The lowest BCUT2D eigenvalue weighted by Gasteiger charge is -2.63. The van der Waals surface area contributed by atoms with Gasteiger partial charge in [0.15, 0.2) is 0 Å². The Morgan fingerprint density at radius 2 is 1.72 bits per heavy atom. The van der Waals surface area contributed by atoms with Gasteiger partial charge in [-0.25, -0.2) is 0 Å². The van der Waals surface area contributed by atoms with E-state index in [9.17, 15) is 19.5 Å². The van der Waals surface area contributed by atoms with E-state index in [0.29, 0.717) is 19.3 Å². The van der Waals surface area contributed by atoms with Gasteiger partial charge in [0, 0.05) is 31.6 Å². The Hall–Kier alpha value is -1.89. The molecular weight excluding hydrogens is 460 g/mol. The van der Waals surface area contributed by atoms with E-state index in [1.165, 1.54) is 21.0 Å². The molecule has 0 spiro atoms. The number of aliphatic hydroxyl groups is 1. The van der Waals surface area contributed by atoms with E-state index in [0.717, 1.165) is 25.7 Å². The van der Waals surface area contributed by atoms with Crippen LogP contribution in [0.25, 0.3) is 0 Å². The largest absolute Gasteiger partial charge is 0.469 e. The molecule has 0 aliphatic heterocycles. The molecule has 4 aliphatic carbocycles. The zero-order chi connectivity index (χ0) is 26.4. The van der Waals surface area contributed by atoms with Crippen LogP contribution in [0.3, 0.4) is 0 Å². The molecule has 2 unspecified atom stereocenters. The van der Waals surface area contributed by atoms with Gasteiger partial charge in [-0.1, -0.05) is 32.9 Å². The smallest absolute Gasteiger partial charge is 0.305 e. The third kappa shape index (κ3) is 4.61. The van der Waals surface area contributed by atoms with Crippen LogP contribution in [0, 0.1) is 46.3 Å². The van der Waals surface area contributed by atoms with Gasteiger partial charge in [0.1, 0.15) is 12.2 Å². The minimum absolute atomic E-state index is 0.157. The van der Waals surface area contributed by atoms with Crippen LogP contribution in [-0.4, -0.2) is 48.4 Å². The number of esters is 3. The minimum Gasteiger partial charge on any atom is -0.469 e. The summed E-state index contributed by atoms with van der Waals surface area (Å²) >= 11 is 0. The van der Waals surface area contributed by atoms with Gasteiger partial charge in [0.2, 0.25) is 0 Å². The molecule has 0 saturated heterocycles. The quantitative estimate of drug-likeness (QED) is 0.324. The Bertz CT molecular complexity index is 898. The molecule has 1 N–H and O–H groups in total. The molecule has 0 bridgehead atoms. The SMILES string of the molecule is COC(=O)CC[C@@H](C)[C@H]1CC[C@H]2C3C(C[C@H](OC(C)=O)[C@]12C)[C@@]1(C)C=C[C@@H](O)C[C@H]1C[C@H]3OC(C)=O. The highest BCUT2D eigenvalue weighted by Crippen LogP contribution is 2.68. The fraction of sp³-hybridized carbons (Fsp3) is 0.828. The predicted octanol–water partition coefficient (Wildman–Crippen LogP) is 4.45. The normalized spacial score (nSPS) is 44.0. The summed E-state index contributed by atoms with van der Waals surface area (Å²) in [7, 11) is 1.42. The fourth-order valence-corrected chi connectivity index (χ4v) is 9.00. The lowest BCUT2D eigenvalue weighted by molar-refractivity contribution is -0.211. The van der Waals surface area contributed by atoms with Gasteiger partial charge in [-0.15, -0.1) is 0 Å². The molecule has 4 aliphatic rings. The molecule has 4 rings (SSSR count). The molecule has 0 aromatic rings. The van der Waals surface area contributed by atoms with E-state index in [4.69, 9.17) is 14.2 Å². The molecule has 7 nitrogen and oxygen atoms in total. The number of carbonyl (C=O) groups excluding carboxylic acids is 3. The lowest BCUT2D eigenvalue weighted by Crippen LogP contribution is -2.62. The first-order chi connectivity index (χ1) is 16.9. The van der Waals surface area contributed by atoms with Crippen molar-refractivity contribution in [2.75, 3.05) is 7.11 Å². The monoisotopic (exact) mass is 504 g/mol. The first kappa shape index (κ1) is 27.2. The van der Waals surface area contributed by atoms with Gasteiger partial charge < -0.3 is 19.3 Å². The maximum Gasteiger partial charge on any atom is 0.305 e. The molecule has 0 aromatic heterocycles. The molecular formula is C29H44O7. The second kappa shape index (κ2) is 10.1. The number of rotatable bonds is 6. The maximum absolute atomic E-state index is 12.3. The Labute approximate surface area is 215 Å². The molecule has 0 aromatic carbocycles.